The molecule has 1 amide bonds. The highest BCUT2D eigenvalue weighted by Gasteiger charge is 2.27. The Morgan fingerprint density at radius 2 is 1.84 bits per heavy atom. The van der Waals surface area contributed by atoms with Gasteiger partial charge in [0.25, 0.3) is 0 Å². The van der Waals surface area contributed by atoms with Crippen LogP contribution in [0.1, 0.15) is 51.2 Å². The molecule has 0 spiro atoms. The largest absolute Gasteiger partial charge is 0.352 e. The molecule has 2 aliphatic rings. The van der Waals surface area contributed by atoms with Gasteiger partial charge in [0, 0.05) is 51.7 Å². The second-order valence-corrected chi connectivity index (χ2v) is 9.29. The highest BCUT2D eigenvalue weighted by molar-refractivity contribution is 14.0. The van der Waals surface area contributed by atoms with Crippen molar-refractivity contribution >= 4 is 35.8 Å². The van der Waals surface area contributed by atoms with Crippen molar-refractivity contribution in [2.75, 3.05) is 33.2 Å². The van der Waals surface area contributed by atoms with Crippen molar-refractivity contribution < 1.29 is 4.79 Å². The number of nitrogens with one attached hydrogen (secondary N) is 2. The fourth-order valence-corrected chi connectivity index (χ4v) is 4.47. The smallest absolute Gasteiger partial charge is 0.225 e. The minimum atomic E-state index is 0. The predicted molar refractivity (Wildman–Crippen MR) is 139 cm³/mol. The minimum absolute atomic E-state index is 0. The number of piperidine rings is 1. The lowest BCUT2D eigenvalue weighted by atomic mass is 9.99. The molecule has 31 heavy (non-hydrogen) atoms. The van der Waals surface area contributed by atoms with Crippen LogP contribution in [-0.4, -0.2) is 60.9 Å². The van der Waals surface area contributed by atoms with Crippen molar-refractivity contribution in [1.82, 2.24) is 20.4 Å². The van der Waals surface area contributed by atoms with Crippen LogP contribution in [0.2, 0.25) is 0 Å². The molecule has 0 bridgehead atoms. The predicted octanol–water partition coefficient (Wildman–Crippen LogP) is 3.46. The first-order valence-electron chi connectivity index (χ1n) is 11.5. The molecule has 2 unspecified atom stereocenters. The molecule has 2 heterocycles. The third kappa shape index (κ3) is 7.93. The van der Waals surface area contributed by atoms with Crippen molar-refractivity contribution in [3.63, 3.8) is 0 Å². The molecule has 1 aromatic rings. The lowest BCUT2D eigenvalue weighted by Gasteiger charge is -2.30. The number of hydrogen-bond acceptors (Lipinski definition) is 3. The van der Waals surface area contributed by atoms with Crippen LogP contribution in [0.3, 0.4) is 0 Å². The van der Waals surface area contributed by atoms with Gasteiger partial charge in [-0.25, -0.2) is 0 Å². The van der Waals surface area contributed by atoms with Gasteiger partial charge in [-0.2, -0.15) is 0 Å². The maximum Gasteiger partial charge on any atom is 0.225 e. The van der Waals surface area contributed by atoms with E-state index in [0.29, 0.717) is 0 Å². The third-order valence-corrected chi connectivity index (χ3v) is 6.19. The molecule has 2 saturated heterocycles. The summed E-state index contributed by atoms with van der Waals surface area (Å²) in [5.74, 6) is 1.91. The fourth-order valence-electron chi connectivity index (χ4n) is 4.47. The number of carbonyl (C=O) groups excluding carboxylic acids is 1. The summed E-state index contributed by atoms with van der Waals surface area (Å²) in [6.45, 7) is 12.1. The van der Waals surface area contributed by atoms with Gasteiger partial charge in [0.1, 0.15) is 0 Å². The van der Waals surface area contributed by atoms with Gasteiger partial charge in [-0.3, -0.25) is 14.7 Å². The molecule has 174 valence electrons. The van der Waals surface area contributed by atoms with E-state index in [1.165, 1.54) is 37.1 Å². The summed E-state index contributed by atoms with van der Waals surface area (Å²) in [6, 6.07) is 9.18. The average molecular weight is 542 g/mol. The van der Waals surface area contributed by atoms with Crippen LogP contribution < -0.4 is 10.6 Å². The van der Waals surface area contributed by atoms with Crippen molar-refractivity contribution in [2.24, 2.45) is 16.8 Å². The maximum absolute atomic E-state index is 12.2. The Hall–Kier alpha value is -1.35. The van der Waals surface area contributed by atoms with E-state index in [-0.39, 0.29) is 41.8 Å². The lowest BCUT2D eigenvalue weighted by molar-refractivity contribution is -0.133. The SMILES string of the molecule is CN=C(NCc1ccc(CN2CCCC(C)C2)cc1)NC1CCN(C(=O)C(C)C)C1.I. The summed E-state index contributed by atoms with van der Waals surface area (Å²) in [5.41, 5.74) is 2.63. The number of guanidine groups is 1. The summed E-state index contributed by atoms with van der Waals surface area (Å²) >= 11 is 0. The monoisotopic (exact) mass is 541 g/mol. The summed E-state index contributed by atoms with van der Waals surface area (Å²) in [7, 11) is 1.80. The number of benzene rings is 1. The topological polar surface area (TPSA) is 60.0 Å². The third-order valence-electron chi connectivity index (χ3n) is 6.19. The first-order chi connectivity index (χ1) is 14.4. The van der Waals surface area contributed by atoms with E-state index >= 15 is 0 Å². The molecule has 2 aliphatic heterocycles. The maximum atomic E-state index is 12.2. The van der Waals surface area contributed by atoms with Gasteiger partial charge in [0.15, 0.2) is 5.96 Å². The van der Waals surface area contributed by atoms with E-state index in [4.69, 9.17) is 0 Å². The van der Waals surface area contributed by atoms with Gasteiger partial charge < -0.3 is 15.5 Å². The van der Waals surface area contributed by atoms with Crippen molar-refractivity contribution in [3.8, 4) is 0 Å². The van der Waals surface area contributed by atoms with E-state index < -0.39 is 0 Å². The number of hydrogen-bond donors (Lipinski definition) is 2. The van der Waals surface area contributed by atoms with E-state index in [1.807, 2.05) is 18.7 Å². The molecule has 0 radical (unpaired) electrons. The molecule has 6 nitrogen and oxygen atoms in total. The number of carbonyl (C=O) groups is 1. The normalized spacial score (nSPS) is 22.4. The molecule has 2 atom stereocenters. The summed E-state index contributed by atoms with van der Waals surface area (Å²) in [5, 5.41) is 6.88. The zero-order valence-corrected chi connectivity index (χ0v) is 21.9. The van der Waals surface area contributed by atoms with Gasteiger partial charge >= 0.3 is 0 Å². The van der Waals surface area contributed by atoms with Crippen LogP contribution in [-0.2, 0) is 17.9 Å². The molecule has 0 saturated carbocycles. The Bertz CT molecular complexity index is 721. The van der Waals surface area contributed by atoms with Crippen molar-refractivity contribution in [1.29, 1.82) is 0 Å². The van der Waals surface area contributed by atoms with Crippen LogP contribution in [0.15, 0.2) is 29.3 Å². The van der Waals surface area contributed by atoms with Crippen LogP contribution >= 0.6 is 24.0 Å². The van der Waals surface area contributed by atoms with Crippen LogP contribution in [0, 0.1) is 11.8 Å². The number of amides is 1. The molecular formula is C24H40IN5O. The fraction of sp³-hybridized carbons (Fsp3) is 0.667. The van der Waals surface area contributed by atoms with Gasteiger partial charge in [0.05, 0.1) is 0 Å². The highest BCUT2D eigenvalue weighted by Crippen LogP contribution is 2.18. The zero-order chi connectivity index (χ0) is 21.5. The molecule has 2 N–H and O–H groups in total. The van der Waals surface area contributed by atoms with Gasteiger partial charge in [-0.15, -0.1) is 24.0 Å². The summed E-state index contributed by atoms with van der Waals surface area (Å²) < 4.78 is 0. The second-order valence-electron chi connectivity index (χ2n) is 9.29. The average Bonchev–Trinajstić information content (AvgIpc) is 3.20. The molecule has 3 rings (SSSR count). The summed E-state index contributed by atoms with van der Waals surface area (Å²) in [6.07, 6.45) is 3.64. The Morgan fingerprint density at radius 1 is 1.13 bits per heavy atom. The number of rotatable bonds is 6. The van der Waals surface area contributed by atoms with Crippen molar-refractivity contribution in [3.05, 3.63) is 35.4 Å². The Labute approximate surface area is 205 Å². The first-order valence-corrected chi connectivity index (χ1v) is 11.5. The lowest BCUT2D eigenvalue weighted by Crippen LogP contribution is -2.45. The van der Waals surface area contributed by atoms with Gasteiger partial charge in [-0.1, -0.05) is 45.0 Å². The number of halogens is 1. The van der Waals surface area contributed by atoms with Gasteiger partial charge in [-0.05, 0) is 42.9 Å². The molecule has 7 heteroatoms. The minimum Gasteiger partial charge on any atom is -0.352 e. The van der Waals surface area contributed by atoms with E-state index in [1.54, 1.807) is 7.05 Å². The van der Waals surface area contributed by atoms with Crippen LogP contribution in [0.25, 0.3) is 0 Å². The quantitative estimate of drug-likeness (QED) is 0.329. The molecular weight excluding hydrogens is 501 g/mol. The second kappa shape index (κ2) is 12.6. The number of likely N-dealkylation sites (tertiary alicyclic amines) is 2. The Morgan fingerprint density at radius 3 is 2.48 bits per heavy atom. The summed E-state index contributed by atoms with van der Waals surface area (Å²) in [4.78, 5) is 21.1. The standard InChI is InChI=1S/C24H39N5O.HI/c1-18(2)23(30)29-13-11-22(17-29)27-24(25-4)26-14-20-7-9-21(10-8-20)16-28-12-5-6-19(3)15-28;/h7-10,18-19,22H,5-6,11-17H2,1-4H3,(H2,25,26,27);1H. The number of aliphatic imine (C=N–C) groups is 1. The van der Waals surface area contributed by atoms with Gasteiger partial charge in [0.2, 0.25) is 5.91 Å². The number of nitrogens with zero attached hydrogens (tertiary/aromatic N) is 3. The Balaban J connectivity index is 0.00000341. The van der Waals surface area contributed by atoms with E-state index in [2.05, 4.69) is 51.7 Å². The van der Waals surface area contributed by atoms with E-state index in [0.717, 1.165) is 44.5 Å². The van der Waals surface area contributed by atoms with Crippen molar-refractivity contribution in [2.45, 2.75) is 59.2 Å². The Kier molecular flexibility index (Phi) is 10.6. The molecule has 2 fully saturated rings. The molecule has 1 aromatic carbocycles. The van der Waals surface area contributed by atoms with Crippen LogP contribution in [0.4, 0.5) is 0 Å². The van der Waals surface area contributed by atoms with Crippen LogP contribution in [0.5, 0.6) is 0 Å². The zero-order valence-electron chi connectivity index (χ0n) is 19.6. The molecule has 0 aliphatic carbocycles. The first kappa shape index (κ1) is 25.9. The van der Waals surface area contributed by atoms with E-state index in [9.17, 15) is 4.79 Å². The highest BCUT2D eigenvalue weighted by atomic mass is 127. The molecule has 0 aromatic heterocycles.